The van der Waals surface area contributed by atoms with Crippen LogP contribution in [0.25, 0.3) is 0 Å². The highest BCUT2D eigenvalue weighted by molar-refractivity contribution is 7.99. The Kier molecular flexibility index (Phi) is 6.45. The van der Waals surface area contributed by atoms with Crippen LogP contribution in [0.3, 0.4) is 0 Å². The van der Waals surface area contributed by atoms with E-state index in [4.69, 9.17) is 26.8 Å². The van der Waals surface area contributed by atoms with Crippen LogP contribution in [0.4, 0.5) is 5.69 Å². The molecule has 0 unspecified atom stereocenters. The lowest BCUT2D eigenvalue weighted by Gasteiger charge is -2.28. The average molecular weight is 430 g/mol. The Morgan fingerprint density at radius 3 is 2.79 bits per heavy atom. The van der Waals surface area contributed by atoms with Gasteiger partial charge in [0.15, 0.2) is 5.79 Å². The van der Waals surface area contributed by atoms with Gasteiger partial charge in [-0.25, -0.2) is 4.98 Å². The van der Waals surface area contributed by atoms with Gasteiger partial charge in [-0.05, 0) is 36.2 Å². The predicted octanol–water partition coefficient (Wildman–Crippen LogP) is 4.66. The molecule has 1 aromatic heterocycles. The van der Waals surface area contributed by atoms with E-state index in [0.717, 1.165) is 34.2 Å². The summed E-state index contributed by atoms with van der Waals surface area (Å²) in [6.45, 7) is 1.17. The highest BCUT2D eigenvalue weighted by atomic mass is 35.5. The maximum atomic E-state index is 6.47. The van der Waals surface area contributed by atoms with Crippen LogP contribution in [-0.2, 0) is 22.4 Å². The Morgan fingerprint density at radius 2 is 2.03 bits per heavy atom. The number of nitrogens with zero attached hydrogens (tertiary/aromatic N) is 2. The Bertz CT molecular complexity index is 920. The zero-order valence-corrected chi connectivity index (χ0v) is 17.6. The second-order valence-electron chi connectivity index (χ2n) is 7.17. The minimum absolute atomic E-state index is 0.00773. The third-order valence-corrected chi connectivity index (χ3v) is 6.42. The third-order valence-electron chi connectivity index (χ3n) is 4.95. The lowest BCUT2D eigenvalue weighted by atomic mass is 10.0. The Morgan fingerprint density at radius 1 is 1.21 bits per heavy atom. The van der Waals surface area contributed by atoms with Crippen molar-refractivity contribution in [1.82, 2.24) is 9.55 Å². The molecule has 2 aromatic carbocycles. The minimum atomic E-state index is -0.673. The molecule has 2 atom stereocenters. The standard InChI is InChI=1S/C22H24ClN3O2S/c23-18-7-5-17(6-8-18)9-10-22(15-26-12-11-25-16-26)27-13-19(28-22)14-29-21-4-2-1-3-20(21)24/h1-8,11-12,16,19H,9-10,13-15,24H2/t19-,22+/m1/s1. The van der Waals surface area contributed by atoms with Gasteiger partial charge in [-0.3, -0.25) is 0 Å². The van der Waals surface area contributed by atoms with Gasteiger partial charge in [-0.2, -0.15) is 0 Å². The number of benzene rings is 2. The molecule has 1 aliphatic rings. The maximum absolute atomic E-state index is 6.47. The summed E-state index contributed by atoms with van der Waals surface area (Å²) in [4.78, 5) is 5.22. The number of rotatable bonds is 8. The van der Waals surface area contributed by atoms with Crippen LogP contribution in [0.15, 0.2) is 72.1 Å². The van der Waals surface area contributed by atoms with E-state index in [0.29, 0.717) is 13.2 Å². The van der Waals surface area contributed by atoms with Crippen LogP contribution in [0, 0.1) is 0 Å². The number of aryl methyl sites for hydroxylation is 1. The Balaban J connectivity index is 1.41. The lowest BCUT2D eigenvalue weighted by molar-refractivity contribution is -0.180. The van der Waals surface area contributed by atoms with E-state index >= 15 is 0 Å². The zero-order chi connectivity index (χ0) is 20.1. The van der Waals surface area contributed by atoms with Crippen LogP contribution in [0.2, 0.25) is 5.02 Å². The van der Waals surface area contributed by atoms with Gasteiger partial charge < -0.3 is 19.8 Å². The van der Waals surface area contributed by atoms with E-state index < -0.39 is 5.79 Å². The quantitative estimate of drug-likeness (QED) is 0.417. The van der Waals surface area contributed by atoms with Crippen molar-refractivity contribution in [1.29, 1.82) is 0 Å². The topological polar surface area (TPSA) is 62.3 Å². The first kappa shape index (κ1) is 20.3. The highest BCUT2D eigenvalue weighted by Crippen LogP contribution is 2.34. The molecule has 1 aliphatic heterocycles. The van der Waals surface area contributed by atoms with Crippen molar-refractivity contribution in [2.24, 2.45) is 0 Å². The van der Waals surface area contributed by atoms with E-state index in [1.165, 1.54) is 5.56 Å². The van der Waals surface area contributed by atoms with Crippen molar-refractivity contribution < 1.29 is 9.47 Å². The van der Waals surface area contributed by atoms with Gasteiger partial charge in [0.1, 0.15) is 0 Å². The number of thioether (sulfide) groups is 1. The lowest BCUT2D eigenvalue weighted by Crippen LogP contribution is -2.37. The molecule has 2 heterocycles. The number of nitrogens with two attached hydrogens (primary N) is 1. The fraction of sp³-hybridized carbons (Fsp3) is 0.318. The normalized spacial score (nSPS) is 21.5. The molecule has 2 N–H and O–H groups in total. The fourth-order valence-electron chi connectivity index (χ4n) is 3.43. The molecule has 4 rings (SSSR count). The Hall–Kier alpha value is -1.99. The largest absolute Gasteiger partial charge is 0.398 e. The number of aromatic nitrogens is 2. The molecule has 7 heteroatoms. The van der Waals surface area contributed by atoms with Crippen LogP contribution in [0.5, 0.6) is 0 Å². The molecule has 29 heavy (non-hydrogen) atoms. The molecular formula is C22H24ClN3O2S. The van der Waals surface area contributed by atoms with Gasteiger partial charge in [0.25, 0.3) is 0 Å². The molecule has 152 valence electrons. The van der Waals surface area contributed by atoms with Gasteiger partial charge in [0, 0.05) is 40.2 Å². The number of halogens is 1. The van der Waals surface area contributed by atoms with E-state index in [2.05, 4.69) is 4.98 Å². The van der Waals surface area contributed by atoms with Gasteiger partial charge in [0.05, 0.1) is 25.6 Å². The molecule has 0 radical (unpaired) electrons. The maximum Gasteiger partial charge on any atom is 0.187 e. The third kappa shape index (κ3) is 5.34. The number of hydrogen-bond acceptors (Lipinski definition) is 5. The number of imidazole rings is 1. The molecule has 1 saturated heterocycles. The molecule has 1 fully saturated rings. The monoisotopic (exact) mass is 429 g/mol. The number of ether oxygens (including phenoxy) is 2. The van der Waals surface area contributed by atoms with Crippen molar-refractivity contribution in [2.75, 3.05) is 18.1 Å². The summed E-state index contributed by atoms with van der Waals surface area (Å²) < 4.78 is 14.7. The molecule has 5 nitrogen and oxygen atoms in total. The van der Waals surface area contributed by atoms with Crippen molar-refractivity contribution in [3.05, 3.63) is 77.8 Å². The summed E-state index contributed by atoms with van der Waals surface area (Å²) in [5.41, 5.74) is 8.06. The fourth-order valence-corrected chi connectivity index (χ4v) is 4.50. The van der Waals surface area contributed by atoms with E-state index in [-0.39, 0.29) is 6.10 Å². The molecule has 0 amide bonds. The summed E-state index contributed by atoms with van der Waals surface area (Å²) in [5.74, 6) is 0.120. The van der Waals surface area contributed by atoms with Crippen LogP contribution < -0.4 is 5.73 Å². The van der Waals surface area contributed by atoms with Gasteiger partial charge in [-0.15, -0.1) is 11.8 Å². The predicted molar refractivity (Wildman–Crippen MR) is 117 cm³/mol. The number of nitrogen functional groups attached to an aromatic ring is 1. The van der Waals surface area contributed by atoms with Crippen LogP contribution in [-0.4, -0.2) is 33.8 Å². The minimum Gasteiger partial charge on any atom is -0.398 e. The summed E-state index contributed by atoms with van der Waals surface area (Å²) >= 11 is 7.71. The van der Waals surface area contributed by atoms with Crippen LogP contribution in [0.1, 0.15) is 12.0 Å². The summed E-state index contributed by atoms with van der Waals surface area (Å²) in [6, 6.07) is 15.8. The Labute approximate surface area is 180 Å². The average Bonchev–Trinajstić information content (AvgIpc) is 3.38. The molecular weight excluding hydrogens is 406 g/mol. The number of para-hydroxylation sites is 1. The first-order valence-corrected chi connectivity index (χ1v) is 11.0. The first-order valence-electron chi connectivity index (χ1n) is 9.61. The molecule has 0 saturated carbocycles. The molecule has 0 spiro atoms. The van der Waals surface area contributed by atoms with Crippen molar-refractivity contribution in [3.8, 4) is 0 Å². The summed E-state index contributed by atoms with van der Waals surface area (Å²) in [5, 5.41) is 0.743. The van der Waals surface area contributed by atoms with E-state index in [1.54, 1.807) is 24.3 Å². The van der Waals surface area contributed by atoms with E-state index in [1.807, 2.05) is 59.3 Å². The highest BCUT2D eigenvalue weighted by Gasteiger charge is 2.41. The molecule has 3 aromatic rings. The van der Waals surface area contributed by atoms with Gasteiger partial charge in [-0.1, -0.05) is 35.9 Å². The zero-order valence-electron chi connectivity index (χ0n) is 16.0. The smallest absolute Gasteiger partial charge is 0.187 e. The summed E-state index contributed by atoms with van der Waals surface area (Å²) in [6.07, 6.45) is 7.10. The van der Waals surface area contributed by atoms with Crippen molar-refractivity contribution >= 4 is 29.1 Å². The first-order chi connectivity index (χ1) is 14.1. The van der Waals surface area contributed by atoms with Crippen molar-refractivity contribution in [3.63, 3.8) is 0 Å². The second kappa shape index (κ2) is 9.22. The number of anilines is 1. The SMILES string of the molecule is Nc1ccccc1SC[C@H]1CO[C@](CCc2ccc(Cl)cc2)(Cn2ccnc2)O1. The summed E-state index contributed by atoms with van der Waals surface area (Å²) in [7, 11) is 0. The van der Waals surface area contributed by atoms with Crippen molar-refractivity contribution in [2.45, 2.75) is 36.2 Å². The second-order valence-corrected chi connectivity index (χ2v) is 8.67. The van der Waals surface area contributed by atoms with Gasteiger partial charge in [0.2, 0.25) is 0 Å². The van der Waals surface area contributed by atoms with Crippen LogP contribution >= 0.6 is 23.4 Å². The van der Waals surface area contributed by atoms with E-state index in [9.17, 15) is 0 Å². The molecule has 0 bridgehead atoms. The van der Waals surface area contributed by atoms with Gasteiger partial charge >= 0.3 is 0 Å². The number of hydrogen-bond donors (Lipinski definition) is 1. The molecule has 0 aliphatic carbocycles.